The zero-order valence-electron chi connectivity index (χ0n) is 17.5. The van der Waals surface area contributed by atoms with Crippen LogP contribution in [0.1, 0.15) is 62.5 Å². The fourth-order valence-corrected chi connectivity index (χ4v) is 3.23. The summed E-state index contributed by atoms with van der Waals surface area (Å²) in [6, 6.07) is 4.17. The minimum absolute atomic E-state index is 0.871. The summed E-state index contributed by atoms with van der Waals surface area (Å²) in [5.41, 5.74) is 6.65. The molecular weight excluding hydrogens is 344 g/mol. The van der Waals surface area contributed by atoms with Crippen molar-refractivity contribution in [3.8, 4) is 0 Å². The Morgan fingerprint density at radius 3 is 2.75 bits per heavy atom. The summed E-state index contributed by atoms with van der Waals surface area (Å²) in [5.74, 6) is 0. The highest BCUT2D eigenvalue weighted by Gasteiger charge is 2.15. The van der Waals surface area contributed by atoms with Gasteiger partial charge in [-0.3, -0.25) is 14.7 Å². The summed E-state index contributed by atoms with van der Waals surface area (Å²) in [6.07, 6.45) is 14.4. The Morgan fingerprint density at radius 1 is 1.29 bits per heavy atom. The number of hydrogen-bond donors (Lipinski definition) is 0. The lowest BCUT2D eigenvalue weighted by molar-refractivity contribution is 0.568. The molecule has 0 aromatic carbocycles. The van der Waals surface area contributed by atoms with Crippen molar-refractivity contribution in [3.63, 3.8) is 0 Å². The Labute approximate surface area is 169 Å². The molecule has 0 fully saturated rings. The molecule has 4 heteroatoms. The maximum atomic E-state index is 4.60. The Kier molecular flexibility index (Phi) is 8.60. The van der Waals surface area contributed by atoms with Crippen LogP contribution < -0.4 is 0 Å². The first-order valence-corrected chi connectivity index (χ1v) is 10.1. The topological polar surface area (TPSA) is 43.1 Å². The Hall–Kier alpha value is -2.75. The van der Waals surface area contributed by atoms with Crippen molar-refractivity contribution >= 4 is 11.8 Å². The molecule has 28 heavy (non-hydrogen) atoms. The Bertz CT molecular complexity index is 855. The zero-order valence-corrected chi connectivity index (χ0v) is 17.5. The molecule has 0 N–H and O–H groups in total. The smallest absolute Gasteiger partial charge is 0.0911 e. The molecule has 0 unspecified atom stereocenters. The van der Waals surface area contributed by atoms with E-state index in [2.05, 4.69) is 61.1 Å². The van der Waals surface area contributed by atoms with Crippen LogP contribution in [0.3, 0.4) is 0 Å². The third kappa shape index (κ3) is 5.38. The molecule has 0 aliphatic heterocycles. The third-order valence-electron chi connectivity index (χ3n) is 4.88. The largest absolute Gasteiger partial charge is 0.263 e. The van der Waals surface area contributed by atoms with Gasteiger partial charge in [-0.15, -0.1) is 0 Å². The van der Waals surface area contributed by atoms with E-state index in [1.165, 1.54) is 11.1 Å². The summed E-state index contributed by atoms with van der Waals surface area (Å²) in [6.45, 7) is 15.1. The first kappa shape index (κ1) is 21.5. The molecule has 0 saturated heterocycles. The van der Waals surface area contributed by atoms with Crippen LogP contribution in [0.2, 0.25) is 0 Å². The van der Waals surface area contributed by atoms with E-state index in [4.69, 9.17) is 0 Å². The van der Waals surface area contributed by atoms with Gasteiger partial charge in [-0.1, -0.05) is 45.6 Å². The van der Waals surface area contributed by atoms with Gasteiger partial charge in [-0.2, -0.15) is 5.10 Å². The number of unbranched alkanes of at least 4 members (excludes halogenated alkanes) is 1. The van der Waals surface area contributed by atoms with Crippen LogP contribution in [-0.4, -0.2) is 20.5 Å². The van der Waals surface area contributed by atoms with Gasteiger partial charge >= 0.3 is 0 Å². The minimum Gasteiger partial charge on any atom is -0.263 e. The SMILES string of the molecule is C=CN=C(/C(=C\C)CCc1cnc(CC)cc1C=C)c1ccnn1CCCC. The molecule has 0 amide bonds. The van der Waals surface area contributed by atoms with Crippen molar-refractivity contribution in [2.24, 2.45) is 4.99 Å². The van der Waals surface area contributed by atoms with Gasteiger partial charge < -0.3 is 0 Å². The van der Waals surface area contributed by atoms with E-state index >= 15 is 0 Å². The minimum atomic E-state index is 0.871. The maximum absolute atomic E-state index is 4.60. The molecule has 2 rings (SSSR count). The predicted molar refractivity (Wildman–Crippen MR) is 120 cm³/mol. The van der Waals surface area contributed by atoms with E-state index in [0.29, 0.717) is 0 Å². The van der Waals surface area contributed by atoms with Crippen molar-refractivity contribution < 1.29 is 0 Å². The van der Waals surface area contributed by atoms with Gasteiger partial charge in [0, 0.05) is 30.8 Å². The van der Waals surface area contributed by atoms with E-state index in [0.717, 1.165) is 61.3 Å². The average molecular weight is 377 g/mol. The molecule has 4 nitrogen and oxygen atoms in total. The fourth-order valence-electron chi connectivity index (χ4n) is 3.23. The van der Waals surface area contributed by atoms with Gasteiger partial charge in [0.2, 0.25) is 0 Å². The van der Waals surface area contributed by atoms with Gasteiger partial charge in [0.05, 0.1) is 11.4 Å². The van der Waals surface area contributed by atoms with Crippen LogP contribution in [0.25, 0.3) is 6.08 Å². The first-order chi connectivity index (χ1) is 13.7. The van der Waals surface area contributed by atoms with Crippen LogP contribution in [0.5, 0.6) is 0 Å². The second kappa shape index (κ2) is 11.2. The van der Waals surface area contributed by atoms with Crippen LogP contribution in [0.4, 0.5) is 0 Å². The van der Waals surface area contributed by atoms with E-state index in [-0.39, 0.29) is 0 Å². The average Bonchev–Trinajstić information content (AvgIpc) is 3.19. The highest BCUT2D eigenvalue weighted by atomic mass is 15.3. The molecule has 0 bridgehead atoms. The number of pyridine rings is 1. The summed E-state index contributed by atoms with van der Waals surface area (Å²) >= 11 is 0. The highest BCUT2D eigenvalue weighted by Crippen LogP contribution is 2.20. The van der Waals surface area contributed by atoms with Gasteiger partial charge in [0.15, 0.2) is 0 Å². The normalized spacial score (nSPS) is 12.2. The number of aromatic nitrogens is 3. The van der Waals surface area contributed by atoms with Crippen molar-refractivity contribution in [2.45, 2.75) is 59.4 Å². The monoisotopic (exact) mass is 376 g/mol. The lowest BCUT2D eigenvalue weighted by Crippen LogP contribution is -2.14. The fraction of sp³-hybridized carbons (Fsp3) is 0.375. The molecule has 0 aliphatic carbocycles. The first-order valence-electron chi connectivity index (χ1n) is 10.1. The lowest BCUT2D eigenvalue weighted by Gasteiger charge is -2.14. The van der Waals surface area contributed by atoms with Gasteiger partial charge in [0.1, 0.15) is 0 Å². The Balaban J connectivity index is 2.25. The van der Waals surface area contributed by atoms with E-state index < -0.39 is 0 Å². The van der Waals surface area contributed by atoms with Crippen molar-refractivity contribution in [2.75, 3.05) is 0 Å². The summed E-state index contributed by atoms with van der Waals surface area (Å²) in [5, 5.41) is 4.49. The molecule has 0 radical (unpaired) electrons. The molecular formula is C24H32N4. The molecule has 148 valence electrons. The Morgan fingerprint density at radius 2 is 2.11 bits per heavy atom. The molecule has 0 spiro atoms. The number of rotatable bonds is 11. The maximum Gasteiger partial charge on any atom is 0.0911 e. The van der Waals surface area contributed by atoms with Crippen LogP contribution in [0.15, 0.2) is 60.5 Å². The van der Waals surface area contributed by atoms with Crippen molar-refractivity contribution in [1.82, 2.24) is 14.8 Å². The van der Waals surface area contributed by atoms with E-state index in [1.54, 1.807) is 6.20 Å². The van der Waals surface area contributed by atoms with Crippen LogP contribution in [0, 0.1) is 0 Å². The summed E-state index contributed by atoms with van der Waals surface area (Å²) in [7, 11) is 0. The van der Waals surface area contributed by atoms with Crippen LogP contribution >= 0.6 is 0 Å². The molecule has 0 atom stereocenters. The van der Waals surface area contributed by atoms with Crippen molar-refractivity contribution in [1.29, 1.82) is 0 Å². The predicted octanol–water partition coefficient (Wildman–Crippen LogP) is 5.80. The highest BCUT2D eigenvalue weighted by molar-refractivity contribution is 6.11. The molecule has 0 aliphatic rings. The molecule has 2 aromatic rings. The number of aliphatic imine (C=N–C) groups is 1. The second-order valence-electron chi connectivity index (χ2n) is 6.70. The number of aryl methyl sites for hydroxylation is 3. The number of hydrogen-bond acceptors (Lipinski definition) is 3. The van der Waals surface area contributed by atoms with E-state index in [1.807, 2.05) is 29.2 Å². The van der Waals surface area contributed by atoms with Crippen LogP contribution in [-0.2, 0) is 19.4 Å². The van der Waals surface area contributed by atoms with Gasteiger partial charge in [-0.25, -0.2) is 0 Å². The zero-order chi connectivity index (χ0) is 20.4. The number of nitrogens with zero attached hydrogens (tertiary/aromatic N) is 4. The lowest BCUT2D eigenvalue weighted by atomic mass is 9.96. The molecule has 2 aromatic heterocycles. The van der Waals surface area contributed by atoms with E-state index in [9.17, 15) is 0 Å². The van der Waals surface area contributed by atoms with Crippen molar-refractivity contribution in [3.05, 3.63) is 78.0 Å². The molecule has 2 heterocycles. The third-order valence-corrected chi connectivity index (χ3v) is 4.88. The molecule has 0 saturated carbocycles. The standard InChI is InChI=1S/C24H32N4/c1-6-11-16-28-23(14-15-27-28)24(25-10-5)19(7-2)12-13-21-18-26-22(9-4)17-20(21)8-3/h7-8,10,14-15,17-18H,3,5-6,9,11-13,16H2,1-2,4H3/b19-7-,25-24?. The van der Waals surface area contributed by atoms with Gasteiger partial charge in [0.25, 0.3) is 0 Å². The quantitative estimate of drug-likeness (QED) is 0.465. The summed E-state index contributed by atoms with van der Waals surface area (Å²) in [4.78, 5) is 9.17. The van der Waals surface area contributed by atoms with Gasteiger partial charge in [-0.05, 0) is 61.4 Å². The number of allylic oxidation sites excluding steroid dienone is 2. The summed E-state index contributed by atoms with van der Waals surface area (Å²) < 4.78 is 2.04. The second-order valence-corrected chi connectivity index (χ2v) is 6.70.